The van der Waals surface area contributed by atoms with Crippen LogP contribution in [0.3, 0.4) is 0 Å². The van der Waals surface area contributed by atoms with Gasteiger partial charge in [-0.15, -0.1) is 0 Å². The Hall–Kier alpha value is -2.70. The lowest BCUT2D eigenvalue weighted by Gasteiger charge is -2.12. The van der Waals surface area contributed by atoms with Crippen LogP contribution in [0.2, 0.25) is 5.02 Å². The predicted molar refractivity (Wildman–Crippen MR) is 109 cm³/mol. The van der Waals surface area contributed by atoms with E-state index in [2.05, 4.69) is 6.58 Å². The quantitative estimate of drug-likeness (QED) is 0.494. The molecule has 0 aromatic heterocycles. The number of imide groups is 1. The molecule has 3 rings (SSSR count). The summed E-state index contributed by atoms with van der Waals surface area (Å²) in [5, 5.41) is 0.0850. The predicted octanol–water partition coefficient (Wildman–Crippen LogP) is 5.15. The Morgan fingerprint density at radius 2 is 2.00 bits per heavy atom. The number of amides is 2. The largest absolute Gasteiger partial charge is 0.493 e. The fraction of sp³-hybridized carbons (Fsp3) is 0.100. The Labute approximate surface area is 166 Å². The molecule has 0 unspecified atom stereocenters. The van der Waals surface area contributed by atoms with Gasteiger partial charge in [-0.2, -0.15) is 0 Å². The van der Waals surface area contributed by atoms with Gasteiger partial charge in [0.25, 0.3) is 11.1 Å². The van der Waals surface area contributed by atoms with Crippen LogP contribution in [-0.2, 0) is 4.79 Å². The van der Waals surface area contributed by atoms with Gasteiger partial charge in [-0.25, -0.2) is 4.90 Å². The van der Waals surface area contributed by atoms with Gasteiger partial charge in [-0.1, -0.05) is 36.4 Å². The van der Waals surface area contributed by atoms with E-state index in [0.29, 0.717) is 33.7 Å². The molecule has 0 atom stereocenters. The topological polar surface area (TPSA) is 55.8 Å². The molecule has 0 radical (unpaired) electrons. The number of ether oxygens (including phenoxy) is 2. The molecule has 1 aliphatic heterocycles. The Bertz CT molecular complexity index is 941. The minimum absolute atomic E-state index is 0.321. The smallest absolute Gasteiger partial charge is 0.298 e. The third-order valence-corrected chi connectivity index (χ3v) is 4.81. The molecule has 0 spiro atoms. The molecule has 0 bridgehead atoms. The summed E-state index contributed by atoms with van der Waals surface area (Å²) in [4.78, 5) is 26.5. The lowest BCUT2D eigenvalue weighted by atomic mass is 10.2. The molecule has 1 heterocycles. The molecule has 5 nitrogen and oxygen atoms in total. The fourth-order valence-electron chi connectivity index (χ4n) is 2.50. The monoisotopic (exact) mass is 401 g/mol. The van der Waals surface area contributed by atoms with Crippen LogP contribution in [0.25, 0.3) is 6.08 Å². The third kappa shape index (κ3) is 4.18. The molecule has 27 heavy (non-hydrogen) atoms. The van der Waals surface area contributed by atoms with E-state index in [9.17, 15) is 9.59 Å². The van der Waals surface area contributed by atoms with Crippen molar-refractivity contribution < 1.29 is 19.1 Å². The number of thioether (sulfide) groups is 1. The number of carbonyl (C=O) groups excluding carboxylic acids is 2. The minimum Gasteiger partial charge on any atom is -0.493 e. The van der Waals surface area contributed by atoms with Crippen LogP contribution in [0.4, 0.5) is 10.5 Å². The van der Waals surface area contributed by atoms with Crippen LogP contribution in [0, 0.1) is 0 Å². The highest BCUT2D eigenvalue weighted by atomic mass is 35.5. The van der Waals surface area contributed by atoms with Gasteiger partial charge in [-0.3, -0.25) is 9.59 Å². The van der Waals surface area contributed by atoms with Crippen molar-refractivity contribution in [2.45, 2.75) is 0 Å². The van der Waals surface area contributed by atoms with Crippen molar-refractivity contribution >= 4 is 46.3 Å². The number of hydrogen-bond donors (Lipinski definition) is 0. The molecule has 0 aliphatic carbocycles. The molecule has 138 valence electrons. The molecule has 2 amide bonds. The van der Waals surface area contributed by atoms with E-state index in [-0.39, 0.29) is 5.24 Å². The Morgan fingerprint density at radius 1 is 1.19 bits per heavy atom. The first kappa shape index (κ1) is 19.1. The van der Waals surface area contributed by atoms with Gasteiger partial charge in [0.2, 0.25) is 0 Å². The van der Waals surface area contributed by atoms with E-state index in [1.165, 1.54) is 7.11 Å². The van der Waals surface area contributed by atoms with Crippen molar-refractivity contribution in [2.24, 2.45) is 0 Å². The first-order chi connectivity index (χ1) is 13.0. The molecule has 2 aromatic carbocycles. The van der Waals surface area contributed by atoms with Gasteiger partial charge in [0.15, 0.2) is 11.5 Å². The number of rotatable bonds is 6. The number of hydrogen-bond acceptors (Lipinski definition) is 5. The SMILES string of the molecule is C=CCOc1ccc(/C=C2\SC(=O)N(c3cccc(Cl)c3)C2=O)cc1OC. The van der Waals surface area contributed by atoms with E-state index in [4.69, 9.17) is 21.1 Å². The maximum atomic E-state index is 12.7. The molecule has 0 saturated carbocycles. The van der Waals surface area contributed by atoms with E-state index >= 15 is 0 Å². The van der Waals surface area contributed by atoms with E-state index < -0.39 is 5.91 Å². The molecule has 2 aromatic rings. The number of nitrogens with zero attached hydrogens (tertiary/aromatic N) is 1. The van der Waals surface area contributed by atoms with Crippen LogP contribution in [0.15, 0.2) is 60.0 Å². The zero-order valence-corrected chi connectivity index (χ0v) is 16.0. The van der Waals surface area contributed by atoms with Crippen molar-refractivity contribution in [3.63, 3.8) is 0 Å². The maximum Gasteiger partial charge on any atom is 0.298 e. The van der Waals surface area contributed by atoms with Gasteiger partial charge >= 0.3 is 0 Å². The second-order valence-corrected chi connectivity index (χ2v) is 6.94. The number of benzene rings is 2. The first-order valence-electron chi connectivity index (χ1n) is 7.98. The zero-order chi connectivity index (χ0) is 19.4. The third-order valence-electron chi connectivity index (χ3n) is 3.70. The average molecular weight is 402 g/mol. The molecular weight excluding hydrogens is 386 g/mol. The molecule has 1 saturated heterocycles. The van der Waals surface area contributed by atoms with Crippen LogP contribution >= 0.6 is 23.4 Å². The number of halogens is 1. The van der Waals surface area contributed by atoms with Gasteiger partial charge in [0.05, 0.1) is 17.7 Å². The molecule has 1 aliphatic rings. The lowest BCUT2D eigenvalue weighted by molar-refractivity contribution is -0.113. The van der Waals surface area contributed by atoms with Crippen LogP contribution in [0.1, 0.15) is 5.56 Å². The summed E-state index contributed by atoms with van der Waals surface area (Å²) in [7, 11) is 1.53. The summed E-state index contributed by atoms with van der Waals surface area (Å²) in [5.74, 6) is 0.708. The van der Waals surface area contributed by atoms with Crippen LogP contribution in [-0.4, -0.2) is 24.9 Å². The highest BCUT2D eigenvalue weighted by Crippen LogP contribution is 2.37. The highest BCUT2D eigenvalue weighted by Gasteiger charge is 2.36. The Kier molecular flexibility index (Phi) is 5.88. The Balaban J connectivity index is 1.88. The van der Waals surface area contributed by atoms with Gasteiger partial charge in [0, 0.05) is 5.02 Å². The van der Waals surface area contributed by atoms with Gasteiger partial charge in [-0.05, 0) is 53.7 Å². The van der Waals surface area contributed by atoms with E-state index in [1.807, 2.05) is 0 Å². The summed E-state index contributed by atoms with van der Waals surface area (Å²) in [6, 6.07) is 11.9. The summed E-state index contributed by atoms with van der Waals surface area (Å²) < 4.78 is 10.8. The van der Waals surface area contributed by atoms with Crippen molar-refractivity contribution in [3.05, 3.63) is 70.6 Å². The van der Waals surface area contributed by atoms with Crippen LogP contribution in [0.5, 0.6) is 11.5 Å². The summed E-state index contributed by atoms with van der Waals surface area (Å²) in [6.45, 7) is 3.97. The van der Waals surface area contributed by atoms with Crippen molar-refractivity contribution in [3.8, 4) is 11.5 Å². The normalized spacial score (nSPS) is 15.3. The zero-order valence-electron chi connectivity index (χ0n) is 14.5. The average Bonchev–Trinajstić information content (AvgIpc) is 2.93. The van der Waals surface area contributed by atoms with Crippen molar-refractivity contribution in [1.29, 1.82) is 0 Å². The number of carbonyl (C=O) groups is 2. The lowest BCUT2D eigenvalue weighted by Crippen LogP contribution is -2.27. The standard InChI is InChI=1S/C20H16ClNO4S/c1-3-9-26-16-8-7-13(10-17(16)25-2)11-18-19(23)22(20(24)27-18)15-6-4-5-14(21)12-15/h3-8,10-12H,1,9H2,2H3/b18-11-. The maximum absolute atomic E-state index is 12.7. The van der Waals surface area contributed by atoms with Crippen molar-refractivity contribution in [1.82, 2.24) is 0 Å². The van der Waals surface area contributed by atoms with Crippen molar-refractivity contribution in [2.75, 3.05) is 18.6 Å². The highest BCUT2D eigenvalue weighted by molar-refractivity contribution is 8.19. The molecule has 7 heteroatoms. The summed E-state index contributed by atoms with van der Waals surface area (Å²) in [5.41, 5.74) is 1.16. The molecular formula is C20H16ClNO4S. The summed E-state index contributed by atoms with van der Waals surface area (Å²) in [6.07, 6.45) is 3.29. The second kappa shape index (κ2) is 8.33. The van der Waals surface area contributed by atoms with Gasteiger partial charge < -0.3 is 9.47 Å². The minimum atomic E-state index is -0.391. The number of anilines is 1. The van der Waals surface area contributed by atoms with E-state index in [1.54, 1.807) is 54.6 Å². The van der Waals surface area contributed by atoms with E-state index in [0.717, 1.165) is 22.2 Å². The Morgan fingerprint density at radius 3 is 2.70 bits per heavy atom. The van der Waals surface area contributed by atoms with Gasteiger partial charge in [0.1, 0.15) is 6.61 Å². The summed E-state index contributed by atoms with van der Waals surface area (Å²) >= 11 is 6.85. The first-order valence-corrected chi connectivity index (χ1v) is 9.18. The number of methoxy groups -OCH3 is 1. The second-order valence-electron chi connectivity index (χ2n) is 5.51. The molecule has 1 fully saturated rings. The van der Waals surface area contributed by atoms with Crippen LogP contribution < -0.4 is 14.4 Å². The molecule has 0 N–H and O–H groups in total. The fourth-order valence-corrected chi connectivity index (χ4v) is 3.52.